The highest BCUT2D eigenvalue weighted by atomic mass is 35.5. The summed E-state index contributed by atoms with van der Waals surface area (Å²) in [5.74, 6) is -1.10. The van der Waals surface area contributed by atoms with E-state index < -0.39 is 29.8 Å². The van der Waals surface area contributed by atoms with Crippen molar-refractivity contribution in [3.63, 3.8) is 0 Å². The quantitative estimate of drug-likeness (QED) is 0.591. The molecule has 164 valence electrons. The number of halogens is 1. The van der Waals surface area contributed by atoms with E-state index in [1.54, 1.807) is 54.6 Å². The van der Waals surface area contributed by atoms with Crippen LogP contribution in [-0.4, -0.2) is 26.0 Å². The van der Waals surface area contributed by atoms with Gasteiger partial charge in [-0.05, 0) is 31.0 Å². The number of benzene rings is 2. The standard InChI is InChI=1S/C23H21ClN3O4P/c1-23(30)11-12-32(31,19-5-3-2-4-6-19)21(23)27-15-17(13-25)20(28)26(22(27)29)14-16-7-9-18(24)10-8-16/h2-10,15,21,30H,11-12,14H2,1H3/t21-,23-,32-/m1/s1. The van der Waals surface area contributed by atoms with Gasteiger partial charge in [-0.2, -0.15) is 5.26 Å². The summed E-state index contributed by atoms with van der Waals surface area (Å²) < 4.78 is 16.3. The molecule has 1 saturated heterocycles. The number of nitriles is 1. The molecule has 9 heteroatoms. The predicted octanol–water partition coefficient (Wildman–Crippen LogP) is 2.93. The monoisotopic (exact) mass is 469 g/mol. The number of hydrogen-bond acceptors (Lipinski definition) is 5. The molecule has 0 unspecified atom stereocenters. The highest BCUT2D eigenvalue weighted by Crippen LogP contribution is 2.66. The molecular formula is C23H21ClN3O4P. The molecular weight excluding hydrogens is 449 g/mol. The van der Waals surface area contributed by atoms with Gasteiger partial charge in [-0.1, -0.05) is 54.1 Å². The van der Waals surface area contributed by atoms with Gasteiger partial charge < -0.3 is 9.67 Å². The predicted molar refractivity (Wildman–Crippen MR) is 123 cm³/mol. The van der Waals surface area contributed by atoms with Crippen molar-refractivity contribution in [1.82, 2.24) is 9.13 Å². The van der Waals surface area contributed by atoms with Gasteiger partial charge in [0.05, 0.1) is 12.1 Å². The van der Waals surface area contributed by atoms with Gasteiger partial charge in [-0.15, -0.1) is 0 Å². The smallest absolute Gasteiger partial charge is 0.332 e. The van der Waals surface area contributed by atoms with Crippen molar-refractivity contribution < 1.29 is 9.67 Å². The van der Waals surface area contributed by atoms with E-state index >= 15 is 0 Å². The zero-order valence-electron chi connectivity index (χ0n) is 17.3. The van der Waals surface area contributed by atoms with Gasteiger partial charge in [0, 0.05) is 22.7 Å². The van der Waals surface area contributed by atoms with Crippen LogP contribution >= 0.6 is 18.7 Å². The Hall–Kier alpha value is -2.91. The van der Waals surface area contributed by atoms with Crippen LogP contribution in [0.1, 0.15) is 30.3 Å². The number of rotatable bonds is 4. The maximum atomic E-state index is 14.2. The van der Waals surface area contributed by atoms with Crippen LogP contribution < -0.4 is 16.6 Å². The van der Waals surface area contributed by atoms with Crippen LogP contribution in [0.4, 0.5) is 0 Å². The van der Waals surface area contributed by atoms with E-state index in [1.165, 1.54) is 6.92 Å². The molecule has 3 aromatic rings. The Bertz CT molecular complexity index is 1370. The van der Waals surface area contributed by atoms with Crippen molar-refractivity contribution in [3.8, 4) is 6.07 Å². The van der Waals surface area contributed by atoms with E-state index in [0.29, 0.717) is 15.9 Å². The van der Waals surface area contributed by atoms with Crippen molar-refractivity contribution in [2.24, 2.45) is 0 Å². The van der Waals surface area contributed by atoms with Crippen LogP contribution in [0.2, 0.25) is 5.02 Å². The van der Waals surface area contributed by atoms with E-state index in [4.69, 9.17) is 11.6 Å². The van der Waals surface area contributed by atoms with Crippen molar-refractivity contribution in [3.05, 3.63) is 97.8 Å². The molecule has 2 aromatic carbocycles. The minimum absolute atomic E-state index is 0.0884. The lowest BCUT2D eigenvalue weighted by Crippen LogP contribution is -2.46. The van der Waals surface area contributed by atoms with Crippen molar-refractivity contribution in [2.75, 3.05) is 6.16 Å². The molecule has 0 spiro atoms. The summed E-state index contributed by atoms with van der Waals surface area (Å²) in [5, 5.41) is 21.8. The van der Waals surface area contributed by atoms with Crippen LogP contribution in [0.5, 0.6) is 0 Å². The van der Waals surface area contributed by atoms with E-state index in [2.05, 4.69) is 0 Å². The van der Waals surface area contributed by atoms with Gasteiger partial charge in [0.2, 0.25) is 0 Å². The number of hydrogen-bond donors (Lipinski definition) is 1. The highest BCUT2D eigenvalue weighted by Gasteiger charge is 2.54. The van der Waals surface area contributed by atoms with Gasteiger partial charge in [-0.3, -0.25) is 13.9 Å². The first kappa shape index (κ1) is 22.3. The van der Waals surface area contributed by atoms with Crippen molar-refractivity contribution in [1.29, 1.82) is 5.26 Å². The third-order valence-corrected chi connectivity index (χ3v) is 9.84. The summed E-state index contributed by atoms with van der Waals surface area (Å²) in [6, 6.07) is 17.2. The normalized spacial score (nSPS) is 24.9. The van der Waals surface area contributed by atoms with Crippen LogP contribution in [0.3, 0.4) is 0 Å². The average molecular weight is 470 g/mol. The Morgan fingerprint density at radius 3 is 2.47 bits per heavy atom. The molecule has 1 aromatic heterocycles. The highest BCUT2D eigenvalue weighted by molar-refractivity contribution is 7.72. The molecule has 0 bridgehead atoms. The maximum absolute atomic E-state index is 14.2. The number of aromatic nitrogens is 2. The summed E-state index contributed by atoms with van der Waals surface area (Å²) in [6.07, 6.45) is 1.55. The first-order chi connectivity index (χ1) is 15.2. The second kappa shape index (κ2) is 8.22. The first-order valence-electron chi connectivity index (χ1n) is 10.0. The van der Waals surface area contributed by atoms with Crippen LogP contribution in [0.15, 0.2) is 70.4 Å². The fourth-order valence-corrected chi connectivity index (χ4v) is 8.30. The summed E-state index contributed by atoms with van der Waals surface area (Å²) in [6.45, 7) is 1.45. The third-order valence-electron chi connectivity index (χ3n) is 5.93. The second-order valence-electron chi connectivity index (χ2n) is 8.20. The number of aliphatic hydroxyl groups is 1. The molecule has 0 radical (unpaired) electrons. The van der Waals surface area contributed by atoms with Gasteiger partial charge >= 0.3 is 5.69 Å². The number of nitrogens with zero attached hydrogens (tertiary/aromatic N) is 3. The summed E-state index contributed by atoms with van der Waals surface area (Å²) in [5.41, 5.74) is -2.56. The lowest BCUT2D eigenvalue weighted by molar-refractivity contribution is 0.0394. The molecule has 1 fully saturated rings. The third kappa shape index (κ3) is 3.75. The molecule has 4 rings (SSSR count). The Labute approximate surface area is 189 Å². The molecule has 2 heterocycles. The van der Waals surface area contributed by atoms with E-state index in [1.807, 2.05) is 6.07 Å². The van der Waals surface area contributed by atoms with Gasteiger partial charge in [0.25, 0.3) is 5.56 Å². The summed E-state index contributed by atoms with van der Waals surface area (Å²) in [7, 11) is -3.29. The average Bonchev–Trinajstić information content (AvgIpc) is 3.03. The lowest BCUT2D eigenvalue weighted by Gasteiger charge is -2.31. The topological polar surface area (TPSA) is 105 Å². The van der Waals surface area contributed by atoms with Gasteiger partial charge in [0.15, 0.2) is 0 Å². The fourth-order valence-electron chi connectivity index (χ4n) is 4.33. The van der Waals surface area contributed by atoms with E-state index in [-0.39, 0.29) is 24.7 Å². The zero-order valence-corrected chi connectivity index (χ0v) is 19.0. The fraction of sp³-hybridized carbons (Fsp3) is 0.261. The van der Waals surface area contributed by atoms with E-state index in [9.17, 15) is 24.5 Å². The molecule has 1 aliphatic heterocycles. The van der Waals surface area contributed by atoms with Crippen LogP contribution in [0, 0.1) is 11.3 Å². The molecule has 3 atom stereocenters. The first-order valence-corrected chi connectivity index (χ1v) is 12.4. The molecule has 0 aliphatic carbocycles. The SMILES string of the molecule is C[C@@]1(O)CC[P@@](=O)(c2ccccc2)[C@H]1n1cc(C#N)c(=O)n(Cc2ccc(Cl)cc2)c1=O. The Kier molecular flexibility index (Phi) is 5.72. The summed E-state index contributed by atoms with van der Waals surface area (Å²) >= 11 is 5.92. The lowest BCUT2D eigenvalue weighted by atomic mass is 10.0. The summed E-state index contributed by atoms with van der Waals surface area (Å²) in [4.78, 5) is 26.3. The molecule has 1 aliphatic rings. The van der Waals surface area contributed by atoms with Crippen LogP contribution in [0.25, 0.3) is 0 Å². The molecule has 32 heavy (non-hydrogen) atoms. The molecule has 0 amide bonds. The minimum Gasteiger partial charge on any atom is -0.387 e. The molecule has 7 nitrogen and oxygen atoms in total. The van der Waals surface area contributed by atoms with Gasteiger partial charge in [-0.25, -0.2) is 4.79 Å². The van der Waals surface area contributed by atoms with E-state index in [0.717, 1.165) is 15.3 Å². The zero-order chi connectivity index (χ0) is 23.1. The van der Waals surface area contributed by atoms with Crippen LogP contribution in [-0.2, 0) is 11.1 Å². The minimum atomic E-state index is -3.29. The maximum Gasteiger partial charge on any atom is 0.332 e. The molecule has 1 N–H and O–H groups in total. The molecule has 0 saturated carbocycles. The Balaban J connectivity index is 1.93. The van der Waals surface area contributed by atoms with Crippen molar-refractivity contribution >= 4 is 24.0 Å². The van der Waals surface area contributed by atoms with Crippen molar-refractivity contribution in [2.45, 2.75) is 31.3 Å². The second-order valence-corrected chi connectivity index (χ2v) is 11.7. The Morgan fingerprint density at radius 2 is 1.84 bits per heavy atom. The van der Waals surface area contributed by atoms with Gasteiger partial charge in [0.1, 0.15) is 24.6 Å². The largest absolute Gasteiger partial charge is 0.387 e. The Morgan fingerprint density at radius 1 is 1.19 bits per heavy atom.